The number of nitrogens with one attached hydrogen (secondary N) is 1. The van der Waals surface area contributed by atoms with Gasteiger partial charge in [0.05, 0.1) is 18.3 Å². The van der Waals surface area contributed by atoms with Crippen LogP contribution >= 0.6 is 11.6 Å². The summed E-state index contributed by atoms with van der Waals surface area (Å²) < 4.78 is 18.5. The van der Waals surface area contributed by atoms with Crippen LogP contribution in [0.5, 0.6) is 0 Å². The molecule has 0 bridgehead atoms. The molecule has 24 heavy (non-hydrogen) atoms. The first-order chi connectivity index (χ1) is 11.5. The molecule has 0 atom stereocenters. The number of pyridine rings is 1. The number of methoxy groups -OCH3 is 1. The molecule has 1 N–H and O–H groups in total. The van der Waals surface area contributed by atoms with Crippen molar-refractivity contribution in [3.63, 3.8) is 0 Å². The van der Waals surface area contributed by atoms with Crippen LogP contribution in [0.3, 0.4) is 0 Å². The van der Waals surface area contributed by atoms with E-state index in [2.05, 4.69) is 10.3 Å². The molecule has 0 saturated heterocycles. The maximum absolute atomic E-state index is 13.8. The molecule has 0 unspecified atom stereocenters. The number of esters is 1. The fourth-order valence-electron chi connectivity index (χ4n) is 2.34. The maximum Gasteiger partial charge on any atom is 0.356 e. The highest BCUT2D eigenvalue weighted by atomic mass is 35.5. The molecule has 0 fully saturated rings. The third-order valence-electron chi connectivity index (χ3n) is 3.62. The third kappa shape index (κ3) is 3.16. The number of ether oxygens (including phenoxy) is 1. The molecule has 0 aliphatic carbocycles. The van der Waals surface area contributed by atoms with Crippen LogP contribution in [-0.2, 0) is 4.74 Å². The number of hydrogen-bond acceptors (Lipinski definition) is 4. The molecule has 0 saturated carbocycles. The predicted octanol–water partition coefficient (Wildman–Crippen LogP) is 4.87. The van der Waals surface area contributed by atoms with Gasteiger partial charge in [-0.15, -0.1) is 0 Å². The van der Waals surface area contributed by atoms with Gasteiger partial charge in [0.25, 0.3) is 0 Å². The Bertz CT molecular complexity index is 944. The molecule has 1 heterocycles. The van der Waals surface area contributed by atoms with E-state index >= 15 is 0 Å². The molecule has 0 radical (unpaired) electrons. The van der Waals surface area contributed by atoms with Crippen LogP contribution < -0.4 is 5.32 Å². The van der Waals surface area contributed by atoms with Crippen molar-refractivity contribution in [3.05, 3.63) is 64.6 Å². The molecule has 2 aromatic carbocycles. The number of nitrogens with zero attached hydrogens (tertiary/aromatic N) is 1. The molecular weight excluding hydrogens is 331 g/mol. The van der Waals surface area contributed by atoms with E-state index in [0.717, 1.165) is 5.39 Å². The van der Waals surface area contributed by atoms with Gasteiger partial charge in [-0.05, 0) is 48.9 Å². The van der Waals surface area contributed by atoms with Crippen molar-refractivity contribution in [1.29, 1.82) is 0 Å². The van der Waals surface area contributed by atoms with Crippen LogP contribution in [0.1, 0.15) is 16.1 Å². The Balaban J connectivity index is 2.14. The van der Waals surface area contributed by atoms with E-state index in [1.165, 1.54) is 13.2 Å². The van der Waals surface area contributed by atoms with Crippen LogP contribution in [0, 0.1) is 12.7 Å². The van der Waals surface area contributed by atoms with E-state index in [9.17, 15) is 9.18 Å². The van der Waals surface area contributed by atoms with Gasteiger partial charge in [0, 0.05) is 16.1 Å². The number of benzene rings is 2. The third-order valence-corrected chi connectivity index (χ3v) is 3.85. The first kappa shape index (κ1) is 16.2. The van der Waals surface area contributed by atoms with E-state index in [0.29, 0.717) is 27.5 Å². The number of aryl methyl sites for hydroxylation is 1. The Labute approximate surface area is 143 Å². The van der Waals surface area contributed by atoms with E-state index in [1.54, 1.807) is 43.3 Å². The van der Waals surface area contributed by atoms with Crippen LogP contribution in [-0.4, -0.2) is 18.1 Å². The number of halogens is 2. The second kappa shape index (κ2) is 6.45. The van der Waals surface area contributed by atoms with E-state index in [4.69, 9.17) is 16.3 Å². The van der Waals surface area contributed by atoms with Crippen molar-refractivity contribution in [3.8, 4) is 0 Å². The summed E-state index contributed by atoms with van der Waals surface area (Å²) in [5.41, 5.74) is 2.44. The lowest BCUT2D eigenvalue weighted by Gasteiger charge is -2.12. The average Bonchev–Trinajstić information content (AvgIpc) is 2.57. The highest BCUT2D eigenvalue weighted by Gasteiger charge is 2.13. The number of rotatable bonds is 3. The molecule has 6 heteroatoms. The van der Waals surface area contributed by atoms with Crippen molar-refractivity contribution < 1.29 is 13.9 Å². The summed E-state index contributed by atoms with van der Waals surface area (Å²) in [6.07, 6.45) is 0. The Kier molecular flexibility index (Phi) is 4.36. The van der Waals surface area contributed by atoms with Gasteiger partial charge in [0.1, 0.15) is 5.82 Å². The number of anilines is 2. The minimum absolute atomic E-state index is 0.155. The largest absolute Gasteiger partial charge is 0.464 e. The van der Waals surface area contributed by atoms with Crippen molar-refractivity contribution in [2.75, 3.05) is 12.4 Å². The molecule has 0 aliphatic heterocycles. The van der Waals surface area contributed by atoms with Gasteiger partial charge >= 0.3 is 5.97 Å². The smallest absolute Gasteiger partial charge is 0.356 e. The Morgan fingerprint density at radius 1 is 1.21 bits per heavy atom. The molecule has 4 nitrogen and oxygen atoms in total. The van der Waals surface area contributed by atoms with Crippen LogP contribution in [0.25, 0.3) is 10.9 Å². The molecule has 3 aromatic rings. The van der Waals surface area contributed by atoms with Gasteiger partial charge in [-0.3, -0.25) is 0 Å². The van der Waals surface area contributed by atoms with E-state index < -0.39 is 5.97 Å². The standard InChI is InChI=1S/C18H14ClFN2O2/c1-10-3-5-12(8-14(10)20)21-16-9-17(18(23)24-2)22-15-6-4-11(19)7-13(15)16/h3-9H,1-2H3,(H,21,22). The lowest BCUT2D eigenvalue weighted by molar-refractivity contribution is 0.0594. The summed E-state index contributed by atoms with van der Waals surface area (Å²) in [4.78, 5) is 16.1. The van der Waals surface area contributed by atoms with E-state index in [1.807, 2.05) is 0 Å². The van der Waals surface area contributed by atoms with Crippen molar-refractivity contribution in [2.45, 2.75) is 6.92 Å². The summed E-state index contributed by atoms with van der Waals surface area (Å²) in [5.74, 6) is -0.866. The SMILES string of the molecule is COC(=O)c1cc(Nc2ccc(C)c(F)c2)c2cc(Cl)ccc2n1. The van der Waals surface area contributed by atoms with Gasteiger partial charge in [-0.2, -0.15) is 0 Å². The quantitative estimate of drug-likeness (QED) is 0.689. The summed E-state index contributed by atoms with van der Waals surface area (Å²) in [5, 5.41) is 4.37. The minimum atomic E-state index is -0.551. The summed E-state index contributed by atoms with van der Waals surface area (Å²) in [6.45, 7) is 1.69. The van der Waals surface area contributed by atoms with Crippen LogP contribution in [0.2, 0.25) is 5.02 Å². The van der Waals surface area contributed by atoms with Crippen molar-refractivity contribution in [2.24, 2.45) is 0 Å². The van der Waals surface area contributed by atoms with E-state index in [-0.39, 0.29) is 11.5 Å². The predicted molar refractivity (Wildman–Crippen MR) is 92.5 cm³/mol. The first-order valence-electron chi connectivity index (χ1n) is 7.20. The topological polar surface area (TPSA) is 51.2 Å². The maximum atomic E-state index is 13.8. The highest BCUT2D eigenvalue weighted by molar-refractivity contribution is 6.31. The highest BCUT2D eigenvalue weighted by Crippen LogP contribution is 2.29. The molecular formula is C18H14ClFN2O2. The second-order valence-corrected chi connectivity index (χ2v) is 5.73. The Morgan fingerprint density at radius 3 is 2.71 bits per heavy atom. The number of carbonyl (C=O) groups excluding carboxylic acids is 1. The molecule has 1 aromatic heterocycles. The van der Waals surface area contributed by atoms with Crippen LogP contribution in [0.4, 0.5) is 15.8 Å². The summed E-state index contributed by atoms with van der Waals surface area (Å²) in [6, 6.07) is 11.5. The minimum Gasteiger partial charge on any atom is -0.464 e. The monoisotopic (exact) mass is 344 g/mol. The lowest BCUT2D eigenvalue weighted by Crippen LogP contribution is -2.06. The molecule has 0 amide bonds. The zero-order chi connectivity index (χ0) is 17.3. The Hall–Kier alpha value is -2.66. The van der Waals surface area contributed by atoms with Crippen LogP contribution in [0.15, 0.2) is 42.5 Å². The summed E-state index contributed by atoms with van der Waals surface area (Å²) in [7, 11) is 1.29. The molecule has 0 spiro atoms. The molecule has 3 rings (SSSR count). The fourth-order valence-corrected chi connectivity index (χ4v) is 2.51. The zero-order valence-corrected chi connectivity index (χ0v) is 13.8. The van der Waals surface area contributed by atoms with Gasteiger partial charge < -0.3 is 10.1 Å². The average molecular weight is 345 g/mol. The number of fused-ring (bicyclic) bond motifs is 1. The van der Waals surface area contributed by atoms with Gasteiger partial charge in [-0.1, -0.05) is 17.7 Å². The lowest BCUT2D eigenvalue weighted by atomic mass is 10.1. The number of aromatic nitrogens is 1. The van der Waals surface area contributed by atoms with Crippen molar-refractivity contribution in [1.82, 2.24) is 4.98 Å². The summed E-state index contributed by atoms with van der Waals surface area (Å²) >= 11 is 6.06. The van der Waals surface area contributed by atoms with Gasteiger partial charge in [0.2, 0.25) is 0 Å². The number of carbonyl (C=O) groups is 1. The Morgan fingerprint density at radius 2 is 2.00 bits per heavy atom. The normalized spacial score (nSPS) is 10.7. The molecule has 0 aliphatic rings. The van der Waals surface area contributed by atoms with Crippen molar-refractivity contribution >= 4 is 39.8 Å². The molecule has 122 valence electrons. The van der Waals surface area contributed by atoms with Gasteiger partial charge in [0.15, 0.2) is 5.69 Å². The number of hydrogen-bond donors (Lipinski definition) is 1. The fraction of sp³-hybridized carbons (Fsp3) is 0.111. The van der Waals surface area contributed by atoms with Gasteiger partial charge in [-0.25, -0.2) is 14.2 Å². The zero-order valence-electron chi connectivity index (χ0n) is 13.1. The first-order valence-corrected chi connectivity index (χ1v) is 7.57. The second-order valence-electron chi connectivity index (χ2n) is 5.30.